The number of hydrogen-bond acceptors (Lipinski definition) is 10. The first kappa shape index (κ1) is 27.5. The van der Waals surface area contributed by atoms with Gasteiger partial charge in [0.25, 0.3) is 0 Å². The van der Waals surface area contributed by atoms with Crippen molar-refractivity contribution in [1.82, 2.24) is 19.5 Å². The van der Waals surface area contributed by atoms with E-state index >= 15 is 4.39 Å². The number of aliphatic hydroxyl groups is 1. The number of benzene rings is 1. The summed E-state index contributed by atoms with van der Waals surface area (Å²) in [6.07, 6.45) is -2.65. The van der Waals surface area contributed by atoms with Gasteiger partial charge in [0, 0.05) is 7.05 Å². The Bertz CT molecular complexity index is 1280. The highest BCUT2D eigenvalue weighted by Gasteiger charge is 2.56. The minimum Gasteiger partial charge on any atom is -0.497 e. The lowest BCUT2D eigenvalue weighted by Gasteiger charge is -2.28. The number of ether oxygens (including phenoxy) is 4. The molecule has 206 valence electrons. The number of aliphatic hydroxyl groups excluding tert-OH is 1. The highest BCUT2D eigenvalue weighted by Crippen LogP contribution is 2.44. The Hall–Kier alpha value is -3.55. The van der Waals surface area contributed by atoms with Crippen LogP contribution in [0.1, 0.15) is 39.5 Å². The van der Waals surface area contributed by atoms with Crippen molar-refractivity contribution in [2.45, 2.75) is 64.0 Å². The Morgan fingerprint density at radius 2 is 1.97 bits per heavy atom. The fourth-order valence-corrected chi connectivity index (χ4v) is 4.24. The number of halogens is 1. The number of carbonyl (C=O) groups is 1. The summed E-state index contributed by atoms with van der Waals surface area (Å²) in [6, 6.07) is 7.19. The van der Waals surface area contributed by atoms with Crippen molar-refractivity contribution in [1.29, 1.82) is 0 Å². The molecule has 3 N–H and O–H groups in total. The van der Waals surface area contributed by atoms with Gasteiger partial charge in [-0.25, -0.2) is 14.2 Å². The predicted octanol–water partition coefficient (Wildman–Crippen LogP) is 3.43. The van der Waals surface area contributed by atoms with Gasteiger partial charge in [-0.3, -0.25) is 9.88 Å². The van der Waals surface area contributed by atoms with E-state index in [0.29, 0.717) is 17.1 Å². The lowest BCUT2D eigenvalue weighted by Crippen LogP contribution is -2.42. The number of methoxy groups -OCH3 is 1. The molecule has 13 heteroatoms. The fourth-order valence-electron chi connectivity index (χ4n) is 4.24. The van der Waals surface area contributed by atoms with Crippen LogP contribution in [0.25, 0.3) is 11.2 Å². The lowest BCUT2D eigenvalue weighted by atomic mass is 9.98. The van der Waals surface area contributed by atoms with Gasteiger partial charge in [0.05, 0.1) is 26.7 Å². The normalized spacial score (nSPS) is 23.4. The Kier molecular flexibility index (Phi) is 7.72. The summed E-state index contributed by atoms with van der Waals surface area (Å²) in [5.41, 5.74) is -1.47. The first-order valence-electron chi connectivity index (χ1n) is 12.1. The number of alkyl halides is 1. The molecule has 12 nitrogen and oxygen atoms in total. The van der Waals surface area contributed by atoms with Crippen LogP contribution in [0.15, 0.2) is 30.6 Å². The second kappa shape index (κ2) is 10.7. The second-order valence-corrected chi connectivity index (χ2v) is 10.0. The van der Waals surface area contributed by atoms with E-state index in [1.54, 1.807) is 47.1 Å². The maximum Gasteiger partial charge on any atom is 0.414 e. The van der Waals surface area contributed by atoms with Gasteiger partial charge < -0.3 is 29.4 Å². The first-order chi connectivity index (χ1) is 18.0. The number of nitrogens with one attached hydrogen (secondary N) is 2. The highest BCUT2D eigenvalue weighted by molar-refractivity contribution is 5.88. The standard InChI is InChI=1S/C25H33FN6O6/c1-24(2,3)38-23(34)31-22-29-19(27-5)17-20(30-22)32(13-28-17)21-25(4,26)18(16(11-33)37-21)36-12-14-7-9-15(35-6)10-8-14/h7-10,13,16,18,21,33H,11-12H2,1-6H3,(H2,27,29,30,31,34)/t16-,18-,21-,25-/m1/s1. The van der Waals surface area contributed by atoms with E-state index in [0.717, 1.165) is 5.56 Å². The van der Waals surface area contributed by atoms with E-state index in [4.69, 9.17) is 18.9 Å². The van der Waals surface area contributed by atoms with Crippen LogP contribution in [0.3, 0.4) is 0 Å². The first-order valence-corrected chi connectivity index (χ1v) is 12.1. The van der Waals surface area contributed by atoms with Crippen LogP contribution in [0.5, 0.6) is 5.75 Å². The van der Waals surface area contributed by atoms with Gasteiger partial charge in [-0.1, -0.05) is 12.1 Å². The topological polar surface area (TPSA) is 142 Å². The monoisotopic (exact) mass is 532 g/mol. The third-order valence-corrected chi connectivity index (χ3v) is 5.97. The number of anilines is 2. The van der Waals surface area contributed by atoms with Crippen LogP contribution in [0.2, 0.25) is 0 Å². The molecular formula is C25H33FN6O6. The molecule has 1 aliphatic rings. The molecule has 38 heavy (non-hydrogen) atoms. The number of imidazole rings is 1. The molecule has 3 heterocycles. The van der Waals surface area contributed by atoms with E-state index in [-0.39, 0.29) is 18.2 Å². The van der Waals surface area contributed by atoms with Crippen molar-refractivity contribution in [3.05, 3.63) is 36.2 Å². The maximum absolute atomic E-state index is 16.4. The van der Waals surface area contributed by atoms with Crippen molar-refractivity contribution in [2.24, 2.45) is 0 Å². The van der Waals surface area contributed by atoms with E-state index in [2.05, 4.69) is 25.6 Å². The summed E-state index contributed by atoms with van der Waals surface area (Å²) in [5, 5.41) is 15.4. The zero-order chi connectivity index (χ0) is 27.7. The third-order valence-electron chi connectivity index (χ3n) is 5.97. The Morgan fingerprint density at radius 1 is 1.26 bits per heavy atom. The van der Waals surface area contributed by atoms with Gasteiger partial charge in [-0.05, 0) is 45.4 Å². The smallest absolute Gasteiger partial charge is 0.414 e. The van der Waals surface area contributed by atoms with Crippen molar-refractivity contribution in [3.8, 4) is 5.75 Å². The van der Waals surface area contributed by atoms with Gasteiger partial charge >= 0.3 is 6.09 Å². The molecule has 2 aromatic heterocycles. The molecule has 0 aliphatic carbocycles. The van der Waals surface area contributed by atoms with E-state index < -0.39 is 42.4 Å². The molecule has 0 saturated carbocycles. The van der Waals surface area contributed by atoms with Gasteiger partial charge in [0.15, 0.2) is 28.9 Å². The summed E-state index contributed by atoms with van der Waals surface area (Å²) < 4.78 is 40.1. The zero-order valence-electron chi connectivity index (χ0n) is 22.2. The molecule has 0 spiro atoms. The SMILES string of the molecule is CNc1nc(NC(=O)OC(C)(C)C)nc2c1ncn2[C@@H]1O[C@H](CO)[C@@H](OCc2ccc(OC)cc2)[C@@]1(C)F. The van der Waals surface area contributed by atoms with Gasteiger partial charge in [0.2, 0.25) is 5.95 Å². The Balaban J connectivity index is 1.62. The zero-order valence-corrected chi connectivity index (χ0v) is 22.2. The average Bonchev–Trinajstić information content (AvgIpc) is 3.38. The summed E-state index contributed by atoms with van der Waals surface area (Å²) in [7, 11) is 3.21. The lowest BCUT2D eigenvalue weighted by molar-refractivity contribution is -0.0675. The van der Waals surface area contributed by atoms with E-state index in [1.165, 1.54) is 17.8 Å². The van der Waals surface area contributed by atoms with Crippen LogP contribution in [0.4, 0.5) is 21.0 Å². The highest BCUT2D eigenvalue weighted by atomic mass is 19.1. The molecule has 1 fully saturated rings. The Morgan fingerprint density at radius 3 is 2.58 bits per heavy atom. The number of amides is 1. The number of nitrogens with zero attached hydrogens (tertiary/aromatic N) is 4. The number of hydrogen-bond donors (Lipinski definition) is 3. The molecule has 3 aromatic rings. The van der Waals surface area contributed by atoms with E-state index in [1.807, 2.05) is 12.1 Å². The molecule has 4 atom stereocenters. The number of aromatic nitrogens is 4. The van der Waals surface area contributed by atoms with Crippen molar-refractivity contribution in [2.75, 3.05) is 31.4 Å². The molecular weight excluding hydrogens is 499 g/mol. The van der Waals surface area contributed by atoms with Crippen LogP contribution in [-0.2, 0) is 20.8 Å². The van der Waals surface area contributed by atoms with Crippen molar-refractivity contribution < 1.29 is 33.2 Å². The molecule has 1 amide bonds. The summed E-state index contributed by atoms with van der Waals surface area (Å²) in [4.78, 5) is 25.3. The molecule has 1 aromatic carbocycles. The maximum atomic E-state index is 16.4. The fraction of sp³-hybridized carbons (Fsp3) is 0.520. The largest absolute Gasteiger partial charge is 0.497 e. The van der Waals surface area contributed by atoms with Crippen LogP contribution in [-0.4, -0.2) is 75.0 Å². The summed E-state index contributed by atoms with van der Waals surface area (Å²) >= 11 is 0. The molecule has 0 bridgehead atoms. The van der Waals surface area contributed by atoms with Gasteiger partial charge in [0.1, 0.15) is 23.6 Å². The van der Waals surface area contributed by atoms with Gasteiger partial charge in [-0.2, -0.15) is 9.97 Å². The third kappa shape index (κ3) is 5.64. The quantitative estimate of drug-likeness (QED) is 0.395. The number of carbonyl (C=O) groups excluding carboxylic acids is 1. The van der Waals surface area contributed by atoms with Crippen LogP contribution < -0.4 is 15.4 Å². The minimum atomic E-state index is -2.09. The molecule has 1 saturated heterocycles. The number of rotatable bonds is 8. The molecule has 0 radical (unpaired) electrons. The van der Waals surface area contributed by atoms with Gasteiger partial charge in [-0.15, -0.1) is 0 Å². The number of fused-ring (bicyclic) bond motifs is 1. The Labute approximate surface area is 219 Å². The van der Waals surface area contributed by atoms with Crippen molar-refractivity contribution in [3.63, 3.8) is 0 Å². The molecule has 0 unspecified atom stereocenters. The van der Waals surface area contributed by atoms with E-state index in [9.17, 15) is 9.90 Å². The van der Waals surface area contributed by atoms with Crippen LogP contribution in [0, 0.1) is 0 Å². The predicted molar refractivity (Wildman–Crippen MR) is 137 cm³/mol. The summed E-state index contributed by atoms with van der Waals surface area (Å²) in [6.45, 7) is 6.18. The summed E-state index contributed by atoms with van der Waals surface area (Å²) in [5.74, 6) is 0.934. The minimum absolute atomic E-state index is 0.0672. The van der Waals surface area contributed by atoms with Crippen LogP contribution >= 0.6 is 0 Å². The molecule has 1 aliphatic heterocycles. The second-order valence-electron chi connectivity index (χ2n) is 10.0. The van der Waals surface area contributed by atoms with Crippen molar-refractivity contribution >= 4 is 29.0 Å². The molecule has 4 rings (SSSR count). The average molecular weight is 533 g/mol.